The Kier molecular flexibility index (Phi) is 6.31. The van der Waals surface area contributed by atoms with E-state index in [1.165, 1.54) is 39.9 Å². The van der Waals surface area contributed by atoms with Crippen LogP contribution in [0.2, 0.25) is 0 Å². The van der Waals surface area contributed by atoms with Crippen LogP contribution in [0.15, 0.2) is 34.1 Å². The van der Waals surface area contributed by atoms with Gasteiger partial charge in [0.1, 0.15) is 5.01 Å². The first-order chi connectivity index (χ1) is 13.2. The van der Waals surface area contributed by atoms with Crippen LogP contribution in [0.25, 0.3) is 0 Å². The largest absolute Gasteiger partial charge is 0.469 e. The van der Waals surface area contributed by atoms with E-state index in [-0.39, 0.29) is 9.79 Å². The molecule has 2 aromatic rings. The molecule has 10 nitrogen and oxygen atoms in total. The lowest BCUT2D eigenvalue weighted by Crippen LogP contribution is -2.48. The third kappa shape index (κ3) is 4.85. The van der Waals surface area contributed by atoms with E-state index < -0.39 is 20.0 Å². The Morgan fingerprint density at radius 2 is 1.64 bits per heavy atom. The van der Waals surface area contributed by atoms with Crippen LogP contribution >= 0.6 is 11.3 Å². The van der Waals surface area contributed by atoms with Gasteiger partial charge in [-0.15, -0.1) is 10.2 Å². The summed E-state index contributed by atoms with van der Waals surface area (Å²) in [4.78, 5) is 2.02. The number of benzene rings is 1. The highest BCUT2D eigenvalue weighted by Gasteiger charge is 2.29. The van der Waals surface area contributed by atoms with E-state index in [1.54, 1.807) is 0 Å². The lowest BCUT2D eigenvalue weighted by atomic mass is 10.3. The van der Waals surface area contributed by atoms with E-state index in [1.807, 2.05) is 6.92 Å². The van der Waals surface area contributed by atoms with Gasteiger partial charge < -0.3 is 4.74 Å². The second-order valence-electron chi connectivity index (χ2n) is 6.09. The summed E-state index contributed by atoms with van der Waals surface area (Å²) >= 11 is 1.38. The second-order valence-corrected chi connectivity index (χ2v) is 10.6. The third-order valence-electron chi connectivity index (χ3n) is 4.20. The Bertz CT molecular complexity index is 1010. The van der Waals surface area contributed by atoms with Crippen molar-refractivity contribution in [1.82, 2.24) is 19.4 Å². The molecule has 0 amide bonds. The second kappa shape index (κ2) is 8.39. The smallest absolute Gasteiger partial charge is 0.294 e. The first-order valence-electron chi connectivity index (χ1n) is 8.50. The summed E-state index contributed by atoms with van der Waals surface area (Å²) in [5.74, 6) is 0. The first-order valence-corrected chi connectivity index (χ1v) is 12.3. The highest BCUT2D eigenvalue weighted by molar-refractivity contribution is 7.89. The number of sulfonamides is 2. The zero-order chi connectivity index (χ0) is 20.4. The molecule has 2 heterocycles. The van der Waals surface area contributed by atoms with Gasteiger partial charge in [-0.05, 0) is 31.2 Å². The molecule has 0 saturated carbocycles. The molecule has 0 atom stereocenters. The summed E-state index contributed by atoms with van der Waals surface area (Å²) in [5, 5.41) is 14.4. The number of nitrogens with zero attached hydrogens (tertiary/aromatic N) is 4. The fourth-order valence-electron chi connectivity index (χ4n) is 2.75. The highest BCUT2D eigenvalue weighted by Crippen LogP contribution is 2.22. The average molecular weight is 448 g/mol. The Hall–Kier alpha value is -1.64. The predicted octanol–water partition coefficient (Wildman–Crippen LogP) is 0.0907. The van der Waals surface area contributed by atoms with Gasteiger partial charge in [0, 0.05) is 26.2 Å². The van der Waals surface area contributed by atoms with E-state index in [4.69, 9.17) is 9.88 Å². The van der Waals surface area contributed by atoms with Crippen molar-refractivity contribution in [3.63, 3.8) is 0 Å². The molecule has 0 unspecified atom stereocenters. The van der Waals surface area contributed by atoms with Crippen molar-refractivity contribution < 1.29 is 21.6 Å². The van der Waals surface area contributed by atoms with E-state index in [2.05, 4.69) is 15.1 Å². The van der Waals surface area contributed by atoms with Gasteiger partial charge >= 0.3 is 0 Å². The lowest BCUT2D eigenvalue weighted by Gasteiger charge is -2.33. The Labute approximate surface area is 168 Å². The van der Waals surface area contributed by atoms with Gasteiger partial charge in [-0.1, -0.05) is 11.3 Å². The zero-order valence-electron chi connectivity index (χ0n) is 15.2. The summed E-state index contributed by atoms with van der Waals surface area (Å²) in [6.07, 6.45) is 0. The molecule has 1 saturated heterocycles. The fraction of sp³-hybridized carbons (Fsp3) is 0.467. The minimum atomic E-state index is -3.86. The van der Waals surface area contributed by atoms with E-state index in [0.29, 0.717) is 44.5 Å². The van der Waals surface area contributed by atoms with E-state index in [9.17, 15) is 16.8 Å². The summed E-state index contributed by atoms with van der Waals surface area (Å²) in [5.41, 5.74) is 0. The van der Waals surface area contributed by atoms with Crippen molar-refractivity contribution in [1.29, 1.82) is 0 Å². The minimum absolute atomic E-state index is 0.0406. The first kappa shape index (κ1) is 21.1. The topological polar surface area (TPSA) is 136 Å². The van der Waals surface area contributed by atoms with Crippen molar-refractivity contribution >= 4 is 31.4 Å². The summed E-state index contributed by atoms with van der Waals surface area (Å²) in [6, 6.07) is 4.92. The molecule has 1 aromatic heterocycles. The molecular weight excluding hydrogens is 426 g/mol. The van der Waals surface area contributed by atoms with E-state index >= 15 is 0 Å². The minimum Gasteiger partial charge on any atom is -0.469 e. The number of primary sulfonamides is 1. The molecule has 1 aromatic carbocycles. The maximum atomic E-state index is 12.8. The molecule has 1 fully saturated rings. The van der Waals surface area contributed by atoms with Gasteiger partial charge in [0.25, 0.3) is 5.19 Å². The van der Waals surface area contributed by atoms with Crippen LogP contribution < -0.4 is 9.88 Å². The van der Waals surface area contributed by atoms with Crippen LogP contribution in [0.3, 0.4) is 0 Å². The van der Waals surface area contributed by atoms with Crippen LogP contribution in [-0.2, 0) is 26.6 Å². The number of aromatic nitrogens is 2. The maximum Gasteiger partial charge on any atom is 0.294 e. The normalized spacial score (nSPS) is 16.9. The molecule has 28 heavy (non-hydrogen) atoms. The molecule has 1 aliphatic rings. The van der Waals surface area contributed by atoms with Crippen molar-refractivity contribution in [2.45, 2.75) is 23.3 Å². The van der Waals surface area contributed by atoms with Gasteiger partial charge in [0.2, 0.25) is 20.0 Å². The number of piperazine rings is 1. The van der Waals surface area contributed by atoms with Gasteiger partial charge in [-0.3, -0.25) is 4.90 Å². The quantitative estimate of drug-likeness (QED) is 0.631. The van der Waals surface area contributed by atoms with Crippen LogP contribution in [0.1, 0.15) is 11.9 Å². The maximum absolute atomic E-state index is 12.8. The average Bonchev–Trinajstić information content (AvgIpc) is 3.09. The molecule has 1 aliphatic heterocycles. The van der Waals surface area contributed by atoms with Crippen LogP contribution in [0, 0.1) is 0 Å². The summed E-state index contributed by atoms with van der Waals surface area (Å²) < 4.78 is 54.9. The highest BCUT2D eigenvalue weighted by atomic mass is 32.2. The standard InChI is InChI=1S/C15H21N5O5S3/c1-2-25-15-18-17-14(26-15)11-19-7-9-20(10-8-19)28(23,24)13-5-3-12(4-6-13)27(16,21)22/h3-6H,2,7-11H2,1H3,(H2,16,21,22). The number of hydrogen-bond donors (Lipinski definition) is 1. The fourth-order valence-corrected chi connectivity index (χ4v) is 5.48. The number of nitrogens with two attached hydrogens (primary N) is 1. The van der Waals surface area contributed by atoms with Crippen molar-refractivity contribution in [3.8, 4) is 5.19 Å². The molecule has 2 N–H and O–H groups in total. The predicted molar refractivity (Wildman–Crippen MR) is 103 cm³/mol. The zero-order valence-corrected chi connectivity index (χ0v) is 17.6. The summed E-state index contributed by atoms with van der Waals surface area (Å²) in [7, 11) is -7.56. The van der Waals surface area contributed by atoms with Crippen molar-refractivity contribution in [2.24, 2.45) is 5.14 Å². The molecule has 0 bridgehead atoms. The summed E-state index contributed by atoms with van der Waals surface area (Å²) in [6.45, 7) is 4.76. The molecule has 13 heteroatoms. The number of ether oxygens (including phenoxy) is 1. The monoisotopic (exact) mass is 447 g/mol. The lowest BCUT2D eigenvalue weighted by molar-refractivity contribution is 0.181. The molecule has 0 radical (unpaired) electrons. The van der Waals surface area contributed by atoms with Gasteiger partial charge in [-0.25, -0.2) is 22.0 Å². The number of rotatable bonds is 7. The van der Waals surface area contributed by atoms with Crippen LogP contribution in [-0.4, -0.2) is 69.0 Å². The van der Waals surface area contributed by atoms with Gasteiger partial charge in [0.15, 0.2) is 0 Å². The molecule has 154 valence electrons. The van der Waals surface area contributed by atoms with Gasteiger partial charge in [-0.2, -0.15) is 4.31 Å². The Morgan fingerprint density at radius 3 is 2.21 bits per heavy atom. The van der Waals surface area contributed by atoms with Crippen LogP contribution in [0.4, 0.5) is 0 Å². The van der Waals surface area contributed by atoms with Crippen molar-refractivity contribution in [2.75, 3.05) is 32.8 Å². The van der Waals surface area contributed by atoms with Gasteiger partial charge in [0.05, 0.1) is 22.9 Å². The van der Waals surface area contributed by atoms with Crippen molar-refractivity contribution in [3.05, 3.63) is 29.3 Å². The molecule has 0 aliphatic carbocycles. The van der Waals surface area contributed by atoms with E-state index in [0.717, 1.165) is 5.01 Å². The molecule has 0 spiro atoms. The Morgan fingerprint density at radius 1 is 1.04 bits per heavy atom. The molecular formula is C15H21N5O5S3. The SMILES string of the molecule is CCOc1nnc(CN2CCN(S(=O)(=O)c3ccc(S(N)(=O)=O)cc3)CC2)s1. The third-order valence-corrected chi connectivity index (χ3v) is 7.86. The molecule has 3 rings (SSSR count). The Balaban J connectivity index is 1.61. The number of hydrogen-bond acceptors (Lipinski definition) is 9. The van der Waals surface area contributed by atoms with Crippen LogP contribution in [0.5, 0.6) is 5.19 Å².